The van der Waals surface area contributed by atoms with Crippen LogP contribution in [0.4, 0.5) is 4.39 Å². The average Bonchev–Trinajstić information content (AvgIpc) is 2.67. The number of piperazine rings is 1. The van der Waals surface area contributed by atoms with Gasteiger partial charge in [0, 0.05) is 45.6 Å². The normalized spacial score (nSPS) is 14.8. The van der Waals surface area contributed by atoms with Crippen LogP contribution in [0.15, 0.2) is 24.3 Å². The van der Waals surface area contributed by atoms with E-state index in [4.69, 9.17) is 0 Å². The van der Waals surface area contributed by atoms with Crippen LogP contribution in [0.3, 0.4) is 0 Å². The first kappa shape index (κ1) is 20.4. The molecule has 0 unspecified atom stereocenters. The van der Waals surface area contributed by atoms with Gasteiger partial charge in [-0.3, -0.25) is 9.59 Å². The molecular formula is C20H30FN3O2. The van der Waals surface area contributed by atoms with E-state index < -0.39 is 0 Å². The summed E-state index contributed by atoms with van der Waals surface area (Å²) in [5, 5.41) is 0. The third-order valence-electron chi connectivity index (χ3n) is 5.04. The lowest BCUT2D eigenvalue weighted by Gasteiger charge is -2.35. The maximum Gasteiger partial charge on any atom is 0.223 e. The fourth-order valence-electron chi connectivity index (χ4n) is 3.26. The zero-order valence-electron chi connectivity index (χ0n) is 15.9. The highest BCUT2D eigenvalue weighted by atomic mass is 19.1. The molecule has 0 saturated carbocycles. The summed E-state index contributed by atoms with van der Waals surface area (Å²) in [6.45, 7) is 9.27. The Morgan fingerprint density at radius 3 is 2.12 bits per heavy atom. The number of amides is 2. The van der Waals surface area contributed by atoms with Gasteiger partial charge in [0.15, 0.2) is 0 Å². The molecule has 1 aliphatic heterocycles. The van der Waals surface area contributed by atoms with Crippen LogP contribution in [0.2, 0.25) is 0 Å². The van der Waals surface area contributed by atoms with E-state index in [1.54, 1.807) is 6.07 Å². The molecule has 2 amide bonds. The lowest BCUT2D eigenvalue weighted by Crippen LogP contribution is -2.51. The standard InChI is InChI=1S/C20H30FN3O2/c1-3-22(4-2)11-10-20(26)24-14-12-23(13-15-24)19(25)9-8-17-6-5-7-18(21)16-17/h5-7,16H,3-4,8-15H2,1-2H3. The molecule has 0 bridgehead atoms. The quantitative estimate of drug-likeness (QED) is 0.711. The van der Waals surface area contributed by atoms with Gasteiger partial charge < -0.3 is 14.7 Å². The molecule has 0 spiro atoms. The molecule has 1 fully saturated rings. The monoisotopic (exact) mass is 363 g/mol. The van der Waals surface area contributed by atoms with Crippen LogP contribution < -0.4 is 0 Å². The van der Waals surface area contributed by atoms with Gasteiger partial charge in [-0.15, -0.1) is 0 Å². The van der Waals surface area contributed by atoms with Crippen molar-refractivity contribution in [2.24, 2.45) is 0 Å². The van der Waals surface area contributed by atoms with E-state index in [9.17, 15) is 14.0 Å². The first-order valence-electron chi connectivity index (χ1n) is 9.55. The summed E-state index contributed by atoms with van der Waals surface area (Å²) in [7, 11) is 0. The third kappa shape index (κ3) is 6.09. The van der Waals surface area contributed by atoms with Crippen LogP contribution in [0.5, 0.6) is 0 Å². The van der Waals surface area contributed by atoms with Crippen molar-refractivity contribution in [2.75, 3.05) is 45.8 Å². The fourth-order valence-corrected chi connectivity index (χ4v) is 3.26. The second-order valence-electron chi connectivity index (χ2n) is 6.67. The van der Waals surface area contributed by atoms with Gasteiger partial charge in [-0.25, -0.2) is 4.39 Å². The first-order chi connectivity index (χ1) is 12.5. The molecule has 0 atom stereocenters. The number of halogens is 1. The summed E-state index contributed by atoms with van der Waals surface area (Å²) in [6.07, 6.45) is 1.45. The zero-order chi connectivity index (χ0) is 18.9. The van der Waals surface area contributed by atoms with Crippen LogP contribution in [-0.2, 0) is 16.0 Å². The molecular weight excluding hydrogens is 333 g/mol. The molecule has 2 rings (SSSR count). The van der Waals surface area contributed by atoms with Gasteiger partial charge in [-0.05, 0) is 37.2 Å². The van der Waals surface area contributed by atoms with Crippen molar-refractivity contribution in [3.8, 4) is 0 Å². The number of hydrogen-bond donors (Lipinski definition) is 0. The van der Waals surface area contributed by atoms with Crippen molar-refractivity contribution in [3.05, 3.63) is 35.6 Å². The lowest BCUT2D eigenvalue weighted by atomic mass is 10.1. The number of carbonyl (C=O) groups is 2. The summed E-state index contributed by atoms with van der Waals surface area (Å²) in [5.74, 6) is -0.0277. The SMILES string of the molecule is CCN(CC)CCC(=O)N1CCN(C(=O)CCc2cccc(F)c2)CC1. The van der Waals surface area contributed by atoms with Gasteiger partial charge in [-0.2, -0.15) is 0 Å². The van der Waals surface area contributed by atoms with Crippen molar-refractivity contribution < 1.29 is 14.0 Å². The smallest absolute Gasteiger partial charge is 0.223 e. The zero-order valence-corrected chi connectivity index (χ0v) is 15.9. The van der Waals surface area contributed by atoms with Crippen LogP contribution in [0.1, 0.15) is 32.3 Å². The first-order valence-corrected chi connectivity index (χ1v) is 9.55. The molecule has 1 heterocycles. The second-order valence-corrected chi connectivity index (χ2v) is 6.67. The summed E-state index contributed by atoms with van der Waals surface area (Å²) in [4.78, 5) is 30.6. The minimum absolute atomic E-state index is 0.0736. The summed E-state index contributed by atoms with van der Waals surface area (Å²) in [6, 6.07) is 6.38. The number of nitrogens with zero attached hydrogens (tertiary/aromatic N) is 3. The highest BCUT2D eigenvalue weighted by molar-refractivity contribution is 5.78. The van der Waals surface area contributed by atoms with Crippen molar-refractivity contribution >= 4 is 11.8 Å². The Hall–Kier alpha value is -1.95. The van der Waals surface area contributed by atoms with Crippen molar-refractivity contribution in [3.63, 3.8) is 0 Å². The average molecular weight is 363 g/mol. The lowest BCUT2D eigenvalue weighted by molar-refractivity contribution is -0.139. The topological polar surface area (TPSA) is 43.9 Å². The highest BCUT2D eigenvalue weighted by Gasteiger charge is 2.23. The molecule has 1 aromatic carbocycles. The molecule has 0 N–H and O–H groups in total. The molecule has 6 heteroatoms. The molecule has 0 radical (unpaired) electrons. The maximum atomic E-state index is 13.2. The van der Waals surface area contributed by atoms with Crippen molar-refractivity contribution in [1.82, 2.24) is 14.7 Å². The summed E-state index contributed by atoms with van der Waals surface area (Å²) >= 11 is 0. The third-order valence-corrected chi connectivity index (χ3v) is 5.04. The maximum absolute atomic E-state index is 13.2. The molecule has 5 nitrogen and oxygen atoms in total. The number of aryl methyl sites for hydroxylation is 1. The molecule has 1 aromatic rings. The molecule has 144 valence electrons. The number of benzene rings is 1. The second kappa shape index (κ2) is 10.3. The predicted molar refractivity (Wildman–Crippen MR) is 100 cm³/mol. The Kier molecular flexibility index (Phi) is 8.04. The van der Waals surface area contributed by atoms with E-state index in [1.807, 2.05) is 15.9 Å². The van der Waals surface area contributed by atoms with E-state index in [1.165, 1.54) is 12.1 Å². The van der Waals surface area contributed by atoms with Crippen molar-refractivity contribution in [2.45, 2.75) is 33.1 Å². The van der Waals surface area contributed by atoms with Gasteiger partial charge in [0.1, 0.15) is 5.82 Å². The molecule has 1 saturated heterocycles. The Balaban J connectivity index is 1.71. The fraction of sp³-hybridized carbons (Fsp3) is 0.600. The number of hydrogen-bond acceptors (Lipinski definition) is 3. The molecule has 1 aliphatic rings. The van der Waals surface area contributed by atoms with Gasteiger partial charge >= 0.3 is 0 Å². The Morgan fingerprint density at radius 2 is 1.58 bits per heavy atom. The minimum atomic E-state index is -0.271. The predicted octanol–water partition coefficient (Wildman–Crippen LogP) is 2.16. The molecule has 0 aliphatic carbocycles. The van der Waals surface area contributed by atoms with Crippen LogP contribution in [0, 0.1) is 5.82 Å². The van der Waals surface area contributed by atoms with Crippen LogP contribution in [0.25, 0.3) is 0 Å². The van der Waals surface area contributed by atoms with E-state index in [0.717, 1.165) is 25.2 Å². The number of rotatable bonds is 8. The van der Waals surface area contributed by atoms with Gasteiger partial charge in [0.25, 0.3) is 0 Å². The van der Waals surface area contributed by atoms with Gasteiger partial charge in [0.05, 0.1) is 0 Å². The Bertz CT molecular complexity index is 596. The van der Waals surface area contributed by atoms with E-state index >= 15 is 0 Å². The Morgan fingerprint density at radius 1 is 1.00 bits per heavy atom. The number of carbonyl (C=O) groups excluding carboxylic acids is 2. The summed E-state index contributed by atoms with van der Waals surface area (Å²) < 4.78 is 13.2. The Labute approximate surface area is 155 Å². The van der Waals surface area contributed by atoms with Crippen LogP contribution >= 0.6 is 0 Å². The van der Waals surface area contributed by atoms with E-state index in [2.05, 4.69) is 18.7 Å². The minimum Gasteiger partial charge on any atom is -0.339 e. The van der Waals surface area contributed by atoms with Crippen molar-refractivity contribution in [1.29, 1.82) is 0 Å². The largest absolute Gasteiger partial charge is 0.339 e. The highest BCUT2D eigenvalue weighted by Crippen LogP contribution is 2.10. The van der Waals surface area contributed by atoms with E-state index in [-0.39, 0.29) is 17.6 Å². The van der Waals surface area contributed by atoms with E-state index in [0.29, 0.717) is 45.4 Å². The summed E-state index contributed by atoms with van der Waals surface area (Å²) in [5.41, 5.74) is 0.837. The molecule has 0 aromatic heterocycles. The molecule has 26 heavy (non-hydrogen) atoms. The van der Waals surface area contributed by atoms with Gasteiger partial charge in [0.2, 0.25) is 11.8 Å². The van der Waals surface area contributed by atoms with Gasteiger partial charge in [-0.1, -0.05) is 26.0 Å². The van der Waals surface area contributed by atoms with Crippen LogP contribution in [-0.4, -0.2) is 72.3 Å².